The molecule has 1 aromatic heterocycles. The number of carbonyl (C=O) groups is 1. The molecule has 0 fully saturated rings. The van der Waals surface area contributed by atoms with E-state index in [9.17, 15) is 22.4 Å². The van der Waals surface area contributed by atoms with Crippen LogP contribution in [0, 0.1) is 5.82 Å². The molecule has 1 aliphatic heterocycles. The molecule has 2 heterocycles. The molecular formula is C20H14ClF4N3OS. The van der Waals surface area contributed by atoms with Gasteiger partial charge in [0.1, 0.15) is 5.82 Å². The predicted octanol–water partition coefficient (Wildman–Crippen LogP) is 5.65. The number of rotatable bonds is 3. The Labute approximate surface area is 178 Å². The van der Waals surface area contributed by atoms with Gasteiger partial charge in [-0.1, -0.05) is 11.6 Å². The molecule has 1 amide bonds. The molecule has 10 heteroatoms. The first-order valence-corrected chi connectivity index (χ1v) is 10.2. The second-order valence-electron chi connectivity index (χ2n) is 6.64. The summed E-state index contributed by atoms with van der Waals surface area (Å²) < 4.78 is 55.8. The van der Waals surface area contributed by atoms with Crippen molar-refractivity contribution in [1.82, 2.24) is 15.1 Å². The molecule has 2 aromatic carbocycles. The average molecular weight is 456 g/mol. The van der Waals surface area contributed by atoms with Crippen molar-refractivity contribution in [3.05, 3.63) is 76.3 Å². The number of thioether (sulfide) groups is 1. The number of hydrogen-bond donors (Lipinski definition) is 1. The van der Waals surface area contributed by atoms with E-state index in [2.05, 4.69) is 10.4 Å². The molecule has 0 radical (unpaired) electrons. The molecule has 4 nitrogen and oxygen atoms in total. The third-order valence-electron chi connectivity index (χ3n) is 4.67. The number of hydrogen-bond acceptors (Lipinski definition) is 3. The lowest BCUT2D eigenvalue weighted by molar-refractivity contribution is -0.143. The number of nitrogens with zero attached hydrogens (tertiary/aromatic N) is 2. The Morgan fingerprint density at radius 3 is 2.63 bits per heavy atom. The van der Waals surface area contributed by atoms with Crippen LogP contribution in [0.2, 0.25) is 5.02 Å². The maximum atomic E-state index is 13.8. The molecule has 1 N–H and O–H groups in total. The molecule has 156 valence electrons. The number of nitrogens with one attached hydrogen (secondary N) is 1. The minimum absolute atomic E-state index is 0.118. The van der Waals surface area contributed by atoms with Crippen molar-refractivity contribution in [3.8, 4) is 5.69 Å². The fraction of sp³-hybridized carbons (Fsp3) is 0.200. The number of halogens is 5. The number of fused-ring (bicyclic) bond motifs is 1. The third-order valence-corrected chi connectivity index (χ3v) is 6.04. The van der Waals surface area contributed by atoms with Gasteiger partial charge in [-0.3, -0.25) is 4.79 Å². The Morgan fingerprint density at radius 1 is 1.20 bits per heavy atom. The van der Waals surface area contributed by atoms with Gasteiger partial charge in [-0.25, -0.2) is 9.07 Å². The van der Waals surface area contributed by atoms with Gasteiger partial charge in [0.15, 0.2) is 5.69 Å². The third kappa shape index (κ3) is 4.04. The minimum atomic E-state index is -4.82. The van der Waals surface area contributed by atoms with Crippen LogP contribution >= 0.6 is 23.4 Å². The molecule has 0 aliphatic carbocycles. The van der Waals surface area contributed by atoms with E-state index >= 15 is 0 Å². The van der Waals surface area contributed by atoms with Gasteiger partial charge < -0.3 is 5.32 Å². The molecule has 30 heavy (non-hydrogen) atoms. The smallest absolute Gasteiger partial charge is 0.345 e. The fourth-order valence-corrected chi connectivity index (χ4v) is 4.55. The van der Waals surface area contributed by atoms with Gasteiger partial charge in [0, 0.05) is 15.7 Å². The van der Waals surface area contributed by atoms with E-state index in [4.69, 9.17) is 11.6 Å². The van der Waals surface area contributed by atoms with Crippen molar-refractivity contribution in [3.63, 3.8) is 0 Å². The molecule has 0 spiro atoms. The first kappa shape index (κ1) is 20.7. The predicted molar refractivity (Wildman–Crippen MR) is 106 cm³/mol. The SMILES string of the molecule is O=C(NC1CCSc2ccc(F)cc21)c1cnn(-c2ccc(Cl)cc2)c1C(F)(F)F. The molecule has 0 saturated heterocycles. The summed E-state index contributed by atoms with van der Waals surface area (Å²) in [5.41, 5.74) is -1.12. The number of amides is 1. The summed E-state index contributed by atoms with van der Waals surface area (Å²) in [6.45, 7) is 0. The highest BCUT2D eigenvalue weighted by molar-refractivity contribution is 7.99. The zero-order valence-electron chi connectivity index (χ0n) is 15.2. The van der Waals surface area contributed by atoms with Crippen molar-refractivity contribution in [2.45, 2.75) is 23.5 Å². The molecule has 3 aromatic rings. The highest BCUT2D eigenvalue weighted by Gasteiger charge is 2.41. The largest absolute Gasteiger partial charge is 0.434 e. The number of alkyl halides is 3. The van der Waals surface area contributed by atoms with Gasteiger partial charge in [-0.15, -0.1) is 11.8 Å². The van der Waals surface area contributed by atoms with Crippen molar-refractivity contribution in [2.24, 2.45) is 0 Å². The Bertz CT molecular complexity index is 1100. The maximum Gasteiger partial charge on any atom is 0.434 e. The number of carbonyl (C=O) groups excluding carboxylic acids is 1. The minimum Gasteiger partial charge on any atom is -0.345 e. The van der Waals surface area contributed by atoms with Crippen molar-refractivity contribution in [2.75, 3.05) is 5.75 Å². The summed E-state index contributed by atoms with van der Waals surface area (Å²) in [6.07, 6.45) is -3.47. The normalized spacial score (nSPS) is 16.2. The van der Waals surface area contributed by atoms with Gasteiger partial charge in [-0.2, -0.15) is 18.3 Å². The quantitative estimate of drug-likeness (QED) is 0.519. The Hall–Kier alpha value is -2.52. The van der Waals surface area contributed by atoms with E-state index in [1.54, 1.807) is 6.07 Å². The summed E-state index contributed by atoms with van der Waals surface area (Å²) in [4.78, 5) is 13.6. The summed E-state index contributed by atoms with van der Waals surface area (Å²) in [5.74, 6) is -0.739. The van der Waals surface area contributed by atoms with E-state index in [-0.39, 0.29) is 5.69 Å². The van der Waals surface area contributed by atoms with E-state index in [0.29, 0.717) is 27.4 Å². The molecule has 4 rings (SSSR count). The Balaban J connectivity index is 1.69. The lowest BCUT2D eigenvalue weighted by Gasteiger charge is -2.26. The fourth-order valence-electron chi connectivity index (χ4n) is 3.32. The van der Waals surface area contributed by atoms with Gasteiger partial charge in [0.25, 0.3) is 5.91 Å². The summed E-state index contributed by atoms with van der Waals surface area (Å²) >= 11 is 7.31. The van der Waals surface area contributed by atoms with E-state index in [1.807, 2.05) is 0 Å². The highest BCUT2D eigenvalue weighted by atomic mass is 35.5. The van der Waals surface area contributed by atoms with Crippen LogP contribution in [0.1, 0.15) is 34.1 Å². The van der Waals surface area contributed by atoms with Crippen LogP contribution in [0.5, 0.6) is 0 Å². The van der Waals surface area contributed by atoms with Crippen LogP contribution in [0.25, 0.3) is 5.69 Å². The second-order valence-corrected chi connectivity index (χ2v) is 8.21. The summed E-state index contributed by atoms with van der Waals surface area (Å²) in [7, 11) is 0. The van der Waals surface area contributed by atoms with Crippen LogP contribution in [-0.4, -0.2) is 21.4 Å². The number of aromatic nitrogens is 2. The van der Waals surface area contributed by atoms with Crippen LogP contribution in [0.15, 0.2) is 53.6 Å². The van der Waals surface area contributed by atoms with Crippen LogP contribution in [0.3, 0.4) is 0 Å². The lowest BCUT2D eigenvalue weighted by Crippen LogP contribution is -2.32. The zero-order chi connectivity index (χ0) is 21.5. The topological polar surface area (TPSA) is 46.9 Å². The van der Waals surface area contributed by atoms with Gasteiger partial charge in [0.05, 0.1) is 23.5 Å². The van der Waals surface area contributed by atoms with Crippen molar-refractivity contribution >= 4 is 29.3 Å². The van der Waals surface area contributed by atoms with Crippen LogP contribution < -0.4 is 5.32 Å². The lowest BCUT2D eigenvalue weighted by atomic mass is 10.0. The maximum absolute atomic E-state index is 13.8. The van der Waals surface area contributed by atoms with Crippen LogP contribution in [-0.2, 0) is 6.18 Å². The molecular weight excluding hydrogens is 442 g/mol. The molecule has 0 saturated carbocycles. The first-order chi connectivity index (χ1) is 14.2. The molecule has 1 unspecified atom stereocenters. The standard InChI is InChI=1S/C20H14ClF4N3OS/c21-11-1-4-13(5-2-11)28-18(20(23,24)25)15(10-26-28)19(29)27-16-7-8-30-17-6-3-12(22)9-14(16)17/h1-6,9-10,16H,7-8H2,(H,27,29). The second kappa shape index (κ2) is 7.96. The van der Waals surface area contributed by atoms with Gasteiger partial charge in [-0.05, 0) is 54.4 Å². The zero-order valence-corrected chi connectivity index (χ0v) is 16.8. The highest BCUT2D eigenvalue weighted by Crippen LogP contribution is 2.38. The van der Waals surface area contributed by atoms with Gasteiger partial charge in [0.2, 0.25) is 0 Å². The van der Waals surface area contributed by atoms with E-state index < -0.39 is 35.2 Å². The molecule has 1 aliphatic rings. The van der Waals surface area contributed by atoms with Crippen LogP contribution in [0.4, 0.5) is 17.6 Å². The summed E-state index contributed by atoms with van der Waals surface area (Å²) in [5, 5.41) is 6.76. The summed E-state index contributed by atoms with van der Waals surface area (Å²) in [6, 6.07) is 9.25. The van der Waals surface area contributed by atoms with Crippen molar-refractivity contribution in [1.29, 1.82) is 0 Å². The number of benzene rings is 2. The van der Waals surface area contributed by atoms with E-state index in [0.717, 1.165) is 11.1 Å². The first-order valence-electron chi connectivity index (χ1n) is 8.88. The van der Waals surface area contributed by atoms with Gasteiger partial charge >= 0.3 is 6.18 Å². The molecule has 0 bridgehead atoms. The monoisotopic (exact) mass is 455 g/mol. The average Bonchev–Trinajstić information content (AvgIpc) is 3.15. The molecule has 1 atom stereocenters. The Kier molecular flexibility index (Phi) is 5.50. The van der Waals surface area contributed by atoms with E-state index in [1.165, 1.54) is 48.2 Å². The Morgan fingerprint density at radius 2 is 1.93 bits per heavy atom. The van der Waals surface area contributed by atoms with Crippen molar-refractivity contribution < 1.29 is 22.4 Å².